The predicted molar refractivity (Wildman–Crippen MR) is 50.5 cm³/mol. The second-order valence-corrected chi connectivity index (χ2v) is 3.72. The highest BCUT2D eigenvalue weighted by Gasteiger charge is 2.15. The molecule has 0 saturated heterocycles. The Bertz CT molecular complexity index is 326. The molecule has 0 spiro atoms. The predicted octanol–water partition coefficient (Wildman–Crippen LogP) is 1.43. The standard InChI is InChI=1S/C10H14N2O/c13-10-5-6-11-8-12(10)7-9-3-1-2-4-9/h5-6,8-9H,1-4,7H2. The zero-order valence-corrected chi connectivity index (χ0v) is 7.65. The Morgan fingerprint density at radius 3 is 2.92 bits per heavy atom. The van der Waals surface area contributed by atoms with Gasteiger partial charge in [0, 0.05) is 18.8 Å². The lowest BCUT2D eigenvalue weighted by molar-refractivity contribution is 0.445. The van der Waals surface area contributed by atoms with Gasteiger partial charge in [-0.25, -0.2) is 4.98 Å². The minimum Gasteiger partial charge on any atom is -0.299 e. The van der Waals surface area contributed by atoms with Crippen LogP contribution < -0.4 is 5.56 Å². The highest BCUT2D eigenvalue weighted by molar-refractivity contribution is 4.83. The molecule has 0 radical (unpaired) electrons. The van der Waals surface area contributed by atoms with Gasteiger partial charge in [-0.15, -0.1) is 0 Å². The number of nitrogens with zero attached hydrogens (tertiary/aromatic N) is 2. The van der Waals surface area contributed by atoms with E-state index in [9.17, 15) is 4.79 Å². The van der Waals surface area contributed by atoms with Crippen LogP contribution in [0.15, 0.2) is 23.4 Å². The second kappa shape index (κ2) is 3.73. The fourth-order valence-electron chi connectivity index (χ4n) is 1.99. The highest BCUT2D eigenvalue weighted by atomic mass is 16.1. The summed E-state index contributed by atoms with van der Waals surface area (Å²) in [6.45, 7) is 0.854. The van der Waals surface area contributed by atoms with Crippen LogP contribution in [0, 0.1) is 5.92 Å². The van der Waals surface area contributed by atoms with Gasteiger partial charge in [0.1, 0.15) is 0 Å². The molecule has 1 aromatic heterocycles. The summed E-state index contributed by atoms with van der Waals surface area (Å²) < 4.78 is 1.72. The van der Waals surface area contributed by atoms with Crippen LogP contribution in [-0.4, -0.2) is 9.55 Å². The average Bonchev–Trinajstić information content (AvgIpc) is 2.61. The number of rotatable bonds is 2. The minimum atomic E-state index is 0.0712. The molecular weight excluding hydrogens is 164 g/mol. The van der Waals surface area contributed by atoms with E-state index in [-0.39, 0.29) is 5.56 Å². The second-order valence-electron chi connectivity index (χ2n) is 3.72. The maximum Gasteiger partial charge on any atom is 0.253 e. The van der Waals surface area contributed by atoms with Crippen LogP contribution in [0.2, 0.25) is 0 Å². The van der Waals surface area contributed by atoms with Crippen LogP contribution in [0.1, 0.15) is 25.7 Å². The fourth-order valence-corrected chi connectivity index (χ4v) is 1.99. The first-order chi connectivity index (χ1) is 6.36. The average molecular weight is 178 g/mol. The summed E-state index contributed by atoms with van der Waals surface area (Å²) in [5, 5.41) is 0. The fraction of sp³-hybridized carbons (Fsp3) is 0.600. The topological polar surface area (TPSA) is 34.9 Å². The largest absolute Gasteiger partial charge is 0.299 e. The Morgan fingerprint density at radius 2 is 2.23 bits per heavy atom. The van der Waals surface area contributed by atoms with Gasteiger partial charge in [-0.2, -0.15) is 0 Å². The minimum absolute atomic E-state index is 0.0712. The Labute approximate surface area is 77.4 Å². The van der Waals surface area contributed by atoms with Gasteiger partial charge in [0.05, 0.1) is 6.33 Å². The van der Waals surface area contributed by atoms with Crippen molar-refractivity contribution in [2.45, 2.75) is 32.2 Å². The zero-order chi connectivity index (χ0) is 9.10. The molecule has 1 aromatic rings. The van der Waals surface area contributed by atoms with Crippen molar-refractivity contribution in [3.63, 3.8) is 0 Å². The van der Waals surface area contributed by atoms with Crippen LogP contribution in [-0.2, 0) is 6.54 Å². The monoisotopic (exact) mass is 178 g/mol. The molecule has 70 valence electrons. The van der Waals surface area contributed by atoms with E-state index in [1.807, 2.05) is 0 Å². The molecule has 0 amide bonds. The first-order valence-corrected chi connectivity index (χ1v) is 4.87. The van der Waals surface area contributed by atoms with Crippen LogP contribution >= 0.6 is 0 Å². The molecule has 1 fully saturated rings. The lowest BCUT2D eigenvalue weighted by Gasteiger charge is -2.09. The van der Waals surface area contributed by atoms with E-state index < -0.39 is 0 Å². The molecule has 3 nitrogen and oxygen atoms in total. The summed E-state index contributed by atoms with van der Waals surface area (Å²) in [5.74, 6) is 0.696. The Balaban J connectivity index is 2.08. The molecule has 0 atom stereocenters. The highest BCUT2D eigenvalue weighted by Crippen LogP contribution is 2.25. The molecule has 1 saturated carbocycles. The molecule has 1 heterocycles. The Kier molecular flexibility index (Phi) is 2.43. The van der Waals surface area contributed by atoms with Crippen LogP contribution in [0.3, 0.4) is 0 Å². The smallest absolute Gasteiger partial charge is 0.253 e. The van der Waals surface area contributed by atoms with Crippen molar-refractivity contribution in [2.24, 2.45) is 5.92 Å². The van der Waals surface area contributed by atoms with Gasteiger partial charge in [0.15, 0.2) is 0 Å². The van der Waals surface area contributed by atoms with Crippen molar-refractivity contribution in [3.05, 3.63) is 28.9 Å². The van der Waals surface area contributed by atoms with Gasteiger partial charge in [-0.1, -0.05) is 12.8 Å². The lowest BCUT2D eigenvalue weighted by Crippen LogP contribution is -2.22. The van der Waals surface area contributed by atoms with E-state index >= 15 is 0 Å². The summed E-state index contributed by atoms with van der Waals surface area (Å²) in [5.41, 5.74) is 0.0712. The Hall–Kier alpha value is -1.12. The molecule has 1 aliphatic rings. The molecule has 1 aliphatic carbocycles. The van der Waals surface area contributed by atoms with Gasteiger partial charge in [0.25, 0.3) is 5.56 Å². The van der Waals surface area contributed by atoms with Crippen molar-refractivity contribution in [1.29, 1.82) is 0 Å². The molecule has 0 unspecified atom stereocenters. The molecule has 3 heteroatoms. The zero-order valence-electron chi connectivity index (χ0n) is 7.65. The Morgan fingerprint density at radius 1 is 1.46 bits per heavy atom. The van der Waals surface area contributed by atoms with E-state index in [4.69, 9.17) is 0 Å². The first-order valence-electron chi connectivity index (χ1n) is 4.87. The summed E-state index contributed by atoms with van der Waals surface area (Å²) in [6.07, 6.45) is 8.36. The third kappa shape index (κ3) is 1.97. The van der Waals surface area contributed by atoms with Crippen molar-refractivity contribution in [1.82, 2.24) is 9.55 Å². The molecule has 0 aromatic carbocycles. The molecule has 0 aliphatic heterocycles. The van der Waals surface area contributed by atoms with Gasteiger partial charge in [0.2, 0.25) is 0 Å². The third-order valence-corrected chi connectivity index (χ3v) is 2.72. The lowest BCUT2D eigenvalue weighted by atomic mass is 10.1. The number of aromatic nitrogens is 2. The van der Waals surface area contributed by atoms with E-state index in [0.29, 0.717) is 5.92 Å². The van der Waals surface area contributed by atoms with E-state index in [0.717, 1.165) is 6.54 Å². The first kappa shape index (κ1) is 8.48. The van der Waals surface area contributed by atoms with Gasteiger partial charge in [-0.3, -0.25) is 9.36 Å². The molecule has 13 heavy (non-hydrogen) atoms. The van der Waals surface area contributed by atoms with E-state index in [1.54, 1.807) is 17.1 Å². The van der Waals surface area contributed by atoms with Crippen molar-refractivity contribution >= 4 is 0 Å². The normalized spacial score (nSPS) is 17.8. The quantitative estimate of drug-likeness (QED) is 0.686. The number of hydrogen-bond acceptors (Lipinski definition) is 2. The van der Waals surface area contributed by atoms with E-state index in [2.05, 4.69) is 4.98 Å². The van der Waals surface area contributed by atoms with Crippen LogP contribution in [0.25, 0.3) is 0 Å². The summed E-state index contributed by atoms with van der Waals surface area (Å²) >= 11 is 0. The maximum absolute atomic E-state index is 11.3. The van der Waals surface area contributed by atoms with Crippen molar-refractivity contribution in [2.75, 3.05) is 0 Å². The SMILES string of the molecule is O=c1ccncn1CC1CCCC1. The van der Waals surface area contributed by atoms with Gasteiger partial charge < -0.3 is 0 Å². The van der Waals surface area contributed by atoms with Crippen molar-refractivity contribution in [3.8, 4) is 0 Å². The van der Waals surface area contributed by atoms with Crippen molar-refractivity contribution < 1.29 is 0 Å². The van der Waals surface area contributed by atoms with Gasteiger partial charge in [-0.05, 0) is 18.8 Å². The van der Waals surface area contributed by atoms with Gasteiger partial charge >= 0.3 is 0 Å². The summed E-state index contributed by atoms with van der Waals surface area (Å²) in [7, 11) is 0. The molecule has 0 N–H and O–H groups in total. The molecule has 0 bridgehead atoms. The van der Waals surface area contributed by atoms with Crippen LogP contribution in [0.4, 0.5) is 0 Å². The number of hydrogen-bond donors (Lipinski definition) is 0. The maximum atomic E-state index is 11.3. The van der Waals surface area contributed by atoms with E-state index in [1.165, 1.54) is 31.7 Å². The summed E-state index contributed by atoms with van der Waals surface area (Å²) in [4.78, 5) is 15.3. The third-order valence-electron chi connectivity index (χ3n) is 2.72. The molecule has 2 rings (SSSR count). The van der Waals surface area contributed by atoms with Crippen LogP contribution in [0.5, 0.6) is 0 Å². The molecular formula is C10H14N2O. The summed E-state index contributed by atoms with van der Waals surface area (Å²) in [6, 6.07) is 1.52.